The molecule has 26 nitrogen and oxygen atoms in total. The first kappa shape index (κ1) is 74.8. The molecule has 0 aliphatic carbocycles. The average Bonchev–Trinajstić information content (AvgIpc) is 1.56. The molecule has 6 amide bonds. The Morgan fingerprint density at radius 3 is 1.92 bits per heavy atom. The van der Waals surface area contributed by atoms with Gasteiger partial charge in [0.1, 0.15) is 23.9 Å². The summed E-state index contributed by atoms with van der Waals surface area (Å²) in [5, 5.41) is 60.6. The number of benzene rings is 2. The van der Waals surface area contributed by atoms with E-state index < -0.39 is 85.2 Å². The van der Waals surface area contributed by atoms with E-state index in [2.05, 4.69) is 26.3 Å². The number of likely N-dealkylation sites (tertiary alicyclic amines) is 2. The molecule has 510 valence electrons. The molecule has 0 spiro atoms. The maximum atomic E-state index is 13.9. The van der Waals surface area contributed by atoms with E-state index >= 15 is 0 Å². The zero-order chi connectivity index (χ0) is 67.3. The van der Waals surface area contributed by atoms with Gasteiger partial charge in [0.25, 0.3) is 17.7 Å². The smallest absolute Gasteiger partial charge is 0.317 e. The molecule has 2 aromatic carbocycles. The monoisotopic (exact) mass is 1340 g/mol. The van der Waals surface area contributed by atoms with Crippen LogP contribution in [-0.4, -0.2) is 280 Å². The summed E-state index contributed by atoms with van der Waals surface area (Å²) >= 11 is 2.64. The number of hydrogen-bond donors (Lipinski definition) is 8. The number of aliphatic hydroxyl groups is 1. The second kappa shape index (κ2) is 38.8. The van der Waals surface area contributed by atoms with Crippen molar-refractivity contribution >= 4 is 87.8 Å². The van der Waals surface area contributed by atoms with E-state index in [1.54, 1.807) is 48.8 Å². The summed E-state index contributed by atoms with van der Waals surface area (Å²) in [5.41, 5.74) is 3.01. The summed E-state index contributed by atoms with van der Waals surface area (Å²) in [7, 11) is 0. The Morgan fingerprint density at radius 2 is 1.32 bits per heavy atom. The lowest BCUT2D eigenvalue weighted by molar-refractivity contribution is -0.140. The largest absolute Gasteiger partial charge is 0.494 e. The fourth-order valence-electron chi connectivity index (χ4n) is 11.1. The Bertz CT molecular complexity index is 3000. The van der Waals surface area contributed by atoms with E-state index in [1.807, 2.05) is 31.2 Å². The van der Waals surface area contributed by atoms with Crippen LogP contribution < -0.4 is 26.0 Å². The molecule has 0 saturated carbocycles. The standard InChI is InChI=1S/C63H88F2N12O14S2/c1-44-8-10-45(11-9-44)6-4-7-54(79)68-18-31-92-41-52(71-55(80)37-72-22-24-73(38-57(82)83)26-28-75(40-59(86)87)29-27-74(25-23-72)39-58(84)85)61(89)69-19-32-93-42-53(78)62(90)76-20-15-46(16-21-76)5-2-3-30-91-48-12-13-51-50(33-48)49(14-17-67-51)60(88)70-36-56(81)77-43-63(64,65)34-47(77)35-66/h8-14,17,33,46-47,52-53,78H,2-7,15-16,18-32,34,36-43H2,1H3,(H,68,79)(H,69,89)(H,70,88)(H,71,80)(H,82,83)(H,84,85)(H,86,87)/t47-,52+,53-/m1/s1. The molecule has 3 fully saturated rings. The van der Waals surface area contributed by atoms with Crippen LogP contribution >= 0.6 is 23.5 Å². The second-order valence-corrected chi connectivity index (χ2v) is 25.9. The molecule has 0 bridgehead atoms. The molecule has 93 heavy (non-hydrogen) atoms. The van der Waals surface area contributed by atoms with Crippen molar-refractivity contribution in [3.63, 3.8) is 0 Å². The number of halogens is 2. The van der Waals surface area contributed by atoms with Crippen molar-refractivity contribution in [2.45, 2.75) is 88.8 Å². The number of thioether (sulfide) groups is 2. The highest BCUT2D eigenvalue weighted by Crippen LogP contribution is 2.32. The highest BCUT2D eigenvalue weighted by Gasteiger charge is 2.47. The Labute approximate surface area is 548 Å². The minimum absolute atomic E-state index is 0.0882. The summed E-state index contributed by atoms with van der Waals surface area (Å²) in [6.07, 6.45) is 5.23. The molecule has 0 unspecified atom stereocenters. The second-order valence-electron chi connectivity index (χ2n) is 23.6. The van der Waals surface area contributed by atoms with Crippen molar-refractivity contribution in [1.82, 2.24) is 55.7 Å². The average molecular weight is 1340 g/mol. The third-order valence-electron chi connectivity index (χ3n) is 16.3. The normalized spacial score (nSPS) is 17.9. The van der Waals surface area contributed by atoms with E-state index in [9.17, 15) is 77.6 Å². The number of fused-ring (bicyclic) bond motifs is 1. The number of carboxylic acid groups (broad SMARTS) is 3. The van der Waals surface area contributed by atoms with E-state index in [0.29, 0.717) is 73.2 Å². The van der Waals surface area contributed by atoms with E-state index in [4.69, 9.17) is 4.74 Å². The molecule has 3 aliphatic rings. The van der Waals surface area contributed by atoms with E-state index in [1.165, 1.54) is 35.8 Å². The Balaban J connectivity index is 0.922. The molecule has 1 aromatic heterocycles. The zero-order valence-corrected chi connectivity index (χ0v) is 54.3. The summed E-state index contributed by atoms with van der Waals surface area (Å²) in [5.74, 6) is -7.42. The molecule has 0 radical (unpaired) electrons. The van der Waals surface area contributed by atoms with Crippen molar-refractivity contribution in [3.8, 4) is 11.8 Å². The molecule has 3 atom stereocenters. The number of alkyl halides is 2. The Kier molecular flexibility index (Phi) is 31.2. The molecular weight excluding hydrogens is 1250 g/mol. The fraction of sp³-hybridized carbons (Fsp3) is 0.603. The number of aromatic nitrogens is 1. The van der Waals surface area contributed by atoms with Gasteiger partial charge in [-0.05, 0) is 81.2 Å². The number of carbonyl (C=O) groups is 9. The number of carboxylic acids is 3. The van der Waals surface area contributed by atoms with Gasteiger partial charge in [0.2, 0.25) is 23.6 Å². The van der Waals surface area contributed by atoms with Crippen LogP contribution in [0.25, 0.3) is 10.9 Å². The molecule has 3 aliphatic heterocycles. The number of unbranched alkanes of at least 4 members (excludes halogenated alkanes) is 1. The van der Waals surface area contributed by atoms with Gasteiger partial charge in [0.05, 0.1) is 63.0 Å². The quantitative estimate of drug-likeness (QED) is 0.0396. The molecule has 4 heterocycles. The lowest BCUT2D eigenvalue weighted by Gasteiger charge is -2.33. The number of carbonyl (C=O) groups excluding carboxylic acids is 6. The third-order valence-corrected chi connectivity index (χ3v) is 18.4. The van der Waals surface area contributed by atoms with Crippen molar-refractivity contribution < 1.29 is 77.1 Å². The van der Waals surface area contributed by atoms with Gasteiger partial charge in [0, 0.05) is 126 Å². The molecular formula is C63H88F2N12O14S2. The number of nitrogens with zero attached hydrogens (tertiary/aromatic N) is 8. The SMILES string of the molecule is Cc1ccc(CCCC(=O)NCCSC[C@H](NC(=O)CN2CCN(CC(=O)O)CCN(CC(=O)O)CCN(CC(=O)O)CC2)C(=O)NCCSC[C@@H](O)C(=O)N2CCC(CCCCOc3ccc4nccc(C(=O)NCC(=O)N5CC(F)(F)C[C@@H]5C#N)c4c3)CC2)cc1. The topological polar surface area (TPSA) is 348 Å². The summed E-state index contributed by atoms with van der Waals surface area (Å²) < 4.78 is 33.8. The number of aliphatic hydroxyl groups excluding tert-OH is 1. The number of aryl methyl sites for hydroxylation is 2. The highest BCUT2D eigenvalue weighted by atomic mass is 32.2. The van der Waals surface area contributed by atoms with Crippen LogP contribution in [0, 0.1) is 24.2 Å². The molecule has 30 heteroatoms. The van der Waals surface area contributed by atoms with Gasteiger partial charge < -0.3 is 56.2 Å². The van der Waals surface area contributed by atoms with Gasteiger partial charge in [-0.1, -0.05) is 36.2 Å². The predicted molar refractivity (Wildman–Crippen MR) is 345 cm³/mol. The fourth-order valence-corrected chi connectivity index (χ4v) is 12.8. The number of pyridine rings is 1. The molecule has 8 N–H and O–H groups in total. The lowest BCUT2D eigenvalue weighted by atomic mass is 9.91. The maximum absolute atomic E-state index is 13.9. The minimum Gasteiger partial charge on any atom is -0.494 e. The first-order valence-electron chi connectivity index (χ1n) is 31.5. The summed E-state index contributed by atoms with van der Waals surface area (Å²) in [6, 6.07) is 14.2. The van der Waals surface area contributed by atoms with Gasteiger partial charge in [-0.2, -0.15) is 28.8 Å². The number of amides is 6. The highest BCUT2D eigenvalue weighted by molar-refractivity contribution is 7.99. The first-order valence-corrected chi connectivity index (χ1v) is 33.8. The number of hydrogen-bond acceptors (Lipinski definition) is 19. The van der Waals surface area contributed by atoms with E-state index in [0.717, 1.165) is 54.6 Å². The van der Waals surface area contributed by atoms with E-state index in [-0.39, 0.29) is 114 Å². The Morgan fingerprint density at radius 1 is 0.731 bits per heavy atom. The first-order chi connectivity index (χ1) is 44.5. The number of ether oxygens (including phenoxy) is 1. The van der Waals surface area contributed by atoms with Gasteiger partial charge >= 0.3 is 17.9 Å². The number of nitriles is 1. The number of aliphatic carboxylic acids is 3. The Hall–Kier alpha value is -7.27. The predicted octanol–water partition coefficient (Wildman–Crippen LogP) is 1.86. The van der Waals surface area contributed by atoms with Crippen LogP contribution in [0.4, 0.5) is 8.78 Å². The lowest BCUT2D eigenvalue weighted by Crippen LogP contribution is -2.53. The number of rotatable bonds is 34. The van der Waals surface area contributed by atoms with Crippen molar-refractivity contribution in [2.75, 3.05) is 147 Å². The molecule has 3 saturated heterocycles. The minimum atomic E-state index is -3.18. The van der Waals surface area contributed by atoms with Crippen LogP contribution in [0.2, 0.25) is 0 Å². The van der Waals surface area contributed by atoms with Gasteiger partial charge in [0.15, 0.2) is 0 Å². The molecule has 6 rings (SSSR count). The maximum Gasteiger partial charge on any atom is 0.317 e. The van der Waals surface area contributed by atoms with Crippen molar-refractivity contribution in [2.24, 2.45) is 5.92 Å². The van der Waals surface area contributed by atoms with Gasteiger partial charge in [-0.3, -0.25) is 67.7 Å². The zero-order valence-electron chi connectivity index (χ0n) is 52.7. The molecule has 3 aromatic rings. The third kappa shape index (κ3) is 26.9. The van der Waals surface area contributed by atoms with Crippen LogP contribution in [0.15, 0.2) is 54.7 Å². The van der Waals surface area contributed by atoms with Crippen molar-refractivity contribution in [3.05, 3.63) is 71.4 Å². The summed E-state index contributed by atoms with van der Waals surface area (Å²) in [6.45, 7) is 2.83. The van der Waals surface area contributed by atoms with Crippen LogP contribution in [-0.2, 0) is 44.8 Å². The van der Waals surface area contributed by atoms with Crippen molar-refractivity contribution in [1.29, 1.82) is 5.26 Å². The van der Waals surface area contributed by atoms with Gasteiger partial charge in [-0.15, -0.1) is 0 Å². The van der Waals surface area contributed by atoms with Gasteiger partial charge in [-0.25, -0.2) is 8.78 Å². The van der Waals surface area contributed by atoms with Crippen LogP contribution in [0.1, 0.15) is 72.9 Å². The van der Waals surface area contributed by atoms with Crippen LogP contribution in [0.5, 0.6) is 5.75 Å². The van der Waals surface area contributed by atoms with Crippen LogP contribution in [0.3, 0.4) is 0 Å². The summed E-state index contributed by atoms with van der Waals surface area (Å²) in [4.78, 5) is 128. The number of nitrogens with one attached hydrogen (secondary N) is 4. The number of piperidine rings is 1.